The first-order valence-electron chi connectivity index (χ1n) is 4.51. The lowest BCUT2D eigenvalue weighted by atomic mass is 10.3. The van der Waals surface area contributed by atoms with Gasteiger partial charge < -0.3 is 16.2 Å². The number of phenolic OH excluding ortho intramolecular Hbond substituents is 1. The summed E-state index contributed by atoms with van der Waals surface area (Å²) >= 11 is 0. The molecule has 0 saturated heterocycles. The van der Waals surface area contributed by atoms with E-state index in [0.29, 0.717) is 5.69 Å². The largest absolute Gasteiger partial charge is 0.508 e. The summed E-state index contributed by atoms with van der Waals surface area (Å²) in [7, 11) is 0. The number of nitrogen functional groups attached to an aromatic ring is 1. The predicted molar refractivity (Wildman–Crippen MR) is 60.0 cm³/mol. The van der Waals surface area contributed by atoms with Crippen LogP contribution in [-0.4, -0.2) is 10.1 Å². The molecule has 15 heavy (non-hydrogen) atoms. The molecule has 0 atom stereocenters. The molecule has 0 amide bonds. The molecule has 0 aliphatic rings. The molecule has 2 rings (SSSR count). The summed E-state index contributed by atoms with van der Waals surface area (Å²) < 4.78 is 0. The van der Waals surface area contributed by atoms with Crippen molar-refractivity contribution in [3.63, 3.8) is 0 Å². The van der Waals surface area contributed by atoms with Crippen LogP contribution in [0.15, 0.2) is 42.7 Å². The quantitative estimate of drug-likeness (QED) is 0.651. The molecular formula is C11H11N3O. The van der Waals surface area contributed by atoms with Gasteiger partial charge in [-0.3, -0.25) is 4.98 Å². The van der Waals surface area contributed by atoms with Gasteiger partial charge in [0.15, 0.2) is 0 Å². The maximum absolute atomic E-state index is 9.11. The van der Waals surface area contributed by atoms with Crippen LogP contribution in [0, 0.1) is 0 Å². The van der Waals surface area contributed by atoms with Gasteiger partial charge >= 0.3 is 0 Å². The summed E-state index contributed by atoms with van der Waals surface area (Å²) in [5.41, 5.74) is 7.99. The fourth-order valence-electron chi connectivity index (χ4n) is 1.21. The molecule has 0 aliphatic carbocycles. The van der Waals surface area contributed by atoms with E-state index in [2.05, 4.69) is 10.3 Å². The van der Waals surface area contributed by atoms with Crippen molar-refractivity contribution in [2.45, 2.75) is 0 Å². The molecule has 4 heteroatoms. The number of hydrogen-bond acceptors (Lipinski definition) is 4. The van der Waals surface area contributed by atoms with Crippen LogP contribution in [0.25, 0.3) is 0 Å². The average molecular weight is 201 g/mol. The van der Waals surface area contributed by atoms with Gasteiger partial charge in [-0.2, -0.15) is 0 Å². The highest BCUT2D eigenvalue weighted by Crippen LogP contribution is 2.22. The number of pyridine rings is 1. The van der Waals surface area contributed by atoms with Gasteiger partial charge in [-0.05, 0) is 30.3 Å². The number of rotatable bonds is 2. The Kier molecular flexibility index (Phi) is 2.41. The van der Waals surface area contributed by atoms with E-state index >= 15 is 0 Å². The van der Waals surface area contributed by atoms with Crippen molar-refractivity contribution < 1.29 is 5.11 Å². The minimum atomic E-state index is 0.236. The van der Waals surface area contributed by atoms with E-state index in [-0.39, 0.29) is 5.75 Å². The monoisotopic (exact) mass is 201 g/mol. The first kappa shape index (κ1) is 9.33. The Morgan fingerprint density at radius 1 is 1.13 bits per heavy atom. The van der Waals surface area contributed by atoms with Crippen LogP contribution in [0.4, 0.5) is 17.1 Å². The lowest BCUT2D eigenvalue weighted by molar-refractivity contribution is 0.475. The molecular weight excluding hydrogens is 190 g/mol. The molecule has 1 heterocycles. The third-order valence-corrected chi connectivity index (χ3v) is 2.00. The molecule has 0 aliphatic heterocycles. The van der Waals surface area contributed by atoms with Gasteiger partial charge in [0.1, 0.15) is 5.75 Å². The predicted octanol–water partition coefficient (Wildman–Crippen LogP) is 2.11. The summed E-state index contributed by atoms with van der Waals surface area (Å²) in [5, 5.41) is 12.2. The number of nitrogens with one attached hydrogen (secondary N) is 1. The van der Waals surface area contributed by atoms with Crippen molar-refractivity contribution in [3.05, 3.63) is 42.7 Å². The minimum Gasteiger partial charge on any atom is -0.508 e. The summed E-state index contributed by atoms with van der Waals surface area (Å²) in [4.78, 5) is 3.97. The Morgan fingerprint density at radius 3 is 2.53 bits per heavy atom. The number of aromatic nitrogens is 1. The van der Waals surface area contributed by atoms with Crippen LogP contribution >= 0.6 is 0 Å². The van der Waals surface area contributed by atoms with Gasteiger partial charge in [0.2, 0.25) is 0 Å². The zero-order valence-corrected chi connectivity index (χ0v) is 8.01. The lowest BCUT2D eigenvalue weighted by Gasteiger charge is -2.07. The van der Waals surface area contributed by atoms with Crippen molar-refractivity contribution in [1.29, 1.82) is 0 Å². The molecule has 1 aromatic carbocycles. The highest BCUT2D eigenvalue weighted by atomic mass is 16.3. The number of hydrogen-bond donors (Lipinski definition) is 3. The molecule has 1 aromatic heterocycles. The number of aromatic hydroxyl groups is 1. The van der Waals surface area contributed by atoms with Crippen LogP contribution in [0.3, 0.4) is 0 Å². The van der Waals surface area contributed by atoms with Crippen molar-refractivity contribution in [2.24, 2.45) is 0 Å². The number of phenols is 1. The maximum atomic E-state index is 9.11. The molecule has 2 aromatic rings. The van der Waals surface area contributed by atoms with Crippen molar-refractivity contribution in [1.82, 2.24) is 4.98 Å². The second-order valence-electron chi connectivity index (χ2n) is 3.13. The molecule has 0 bridgehead atoms. The second kappa shape index (κ2) is 3.88. The van der Waals surface area contributed by atoms with Crippen molar-refractivity contribution in [2.75, 3.05) is 11.1 Å². The standard InChI is InChI=1S/C11H11N3O/c12-10-5-6-13-7-11(10)14-8-1-3-9(15)4-2-8/h1-7,14-15H,(H2,12,13). The summed E-state index contributed by atoms with van der Waals surface area (Å²) in [6.45, 7) is 0. The van der Waals surface area contributed by atoms with Gasteiger partial charge in [-0.15, -0.1) is 0 Å². The first-order valence-corrected chi connectivity index (χ1v) is 4.51. The van der Waals surface area contributed by atoms with E-state index in [1.54, 1.807) is 42.7 Å². The molecule has 4 N–H and O–H groups in total. The Hall–Kier alpha value is -2.23. The highest BCUT2D eigenvalue weighted by molar-refractivity contribution is 5.71. The van der Waals surface area contributed by atoms with E-state index < -0.39 is 0 Å². The SMILES string of the molecule is Nc1ccncc1Nc1ccc(O)cc1. The fraction of sp³-hybridized carbons (Fsp3) is 0. The van der Waals surface area contributed by atoms with E-state index in [0.717, 1.165) is 11.4 Å². The van der Waals surface area contributed by atoms with Gasteiger partial charge in [-0.1, -0.05) is 0 Å². The number of anilines is 3. The van der Waals surface area contributed by atoms with Crippen LogP contribution in [-0.2, 0) is 0 Å². The summed E-state index contributed by atoms with van der Waals surface area (Å²) in [6.07, 6.45) is 3.29. The smallest absolute Gasteiger partial charge is 0.115 e. The maximum Gasteiger partial charge on any atom is 0.115 e. The average Bonchev–Trinajstić information content (AvgIpc) is 2.25. The van der Waals surface area contributed by atoms with Gasteiger partial charge in [-0.25, -0.2) is 0 Å². The van der Waals surface area contributed by atoms with Crippen LogP contribution in [0.5, 0.6) is 5.75 Å². The van der Waals surface area contributed by atoms with Crippen molar-refractivity contribution >= 4 is 17.1 Å². The highest BCUT2D eigenvalue weighted by Gasteiger charge is 1.98. The Labute approximate surface area is 87.4 Å². The first-order chi connectivity index (χ1) is 7.25. The molecule has 0 radical (unpaired) electrons. The number of benzene rings is 1. The molecule has 4 nitrogen and oxygen atoms in total. The zero-order chi connectivity index (χ0) is 10.7. The summed E-state index contributed by atoms with van der Waals surface area (Å²) in [6, 6.07) is 8.47. The Balaban J connectivity index is 2.22. The van der Waals surface area contributed by atoms with Crippen LogP contribution in [0.2, 0.25) is 0 Å². The number of nitrogens with zero attached hydrogens (tertiary/aromatic N) is 1. The van der Waals surface area contributed by atoms with Gasteiger partial charge in [0.25, 0.3) is 0 Å². The molecule has 0 unspecified atom stereocenters. The van der Waals surface area contributed by atoms with E-state index in [4.69, 9.17) is 10.8 Å². The normalized spacial score (nSPS) is 9.87. The molecule has 0 spiro atoms. The minimum absolute atomic E-state index is 0.236. The van der Waals surface area contributed by atoms with Crippen LogP contribution < -0.4 is 11.1 Å². The van der Waals surface area contributed by atoms with E-state index in [1.165, 1.54) is 0 Å². The van der Waals surface area contributed by atoms with Crippen LogP contribution in [0.1, 0.15) is 0 Å². The number of nitrogens with two attached hydrogens (primary N) is 1. The van der Waals surface area contributed by atoms with Gasteiger partial charge in [0.05, 0.1) is 17.6 Å². The second-order valence-corrected chi connectivity index (χ2v) is 3.13. The van der Waals surface area contributed by atoms with Gasteiger partial charge in [0, 0.05) is 11.9 Å². The Morgan fingerprint density at radius 2 is 1.87 bits per heavy atom. The topological polar surface area (TPSA) is 71.2 Å². The third kappa shape index (κ3) is 2.17. The van der Waals surface area contributed by atoms with E-state index in [9.17, 15) is 0 Å². The molecule has 0 fully saturated rings. The molecule has 0 saturated carbocycles. The zero-order valence-electron chi connectivity index (χ0n) is 8.01. The van der Waals surface area contributed by atoms with E-state index in [1.807, 2.05) is 0 Å². The molecule has 76 valence electrons. The Bertz CT molecular complexity index is 454. The lowest BCUT2D eigenvalue weighted by Crippen LogP contribution is -1.96. The van der Waals surface area contributed by atoms with Crippen molar-refractivity contribution in [3.8, 4) is 5.75 Å². The third-order valence-electron chi connectivity index (χ3n) is 2.00. The fourth-order valence-corrected chi connectivity index (χ4v) is 1.21. The summed E-state index contributed by atoms with van der Waals surface area (Å²) in [5.74, 6) is 0.236.